The minimum atomic E-state index is -0.0567. The molecule has 24 heavy (non-hydrogen) atoms. The van der Waals surface area contributed by atoms with Gasteiger partial charge in [-0.15, -0.1) is 0 Å². The van der Waals surface area contributed by atoms with Gasteiger partial charge in [-0.3, -0.25) is 9.78 Å². The van der Waals surface area contributed by atoms with Crippen LogP contribution in [0.25, 0.3) is 0 Å². The predicted molar refractivity (Wildman–Crippen MR) is 97.1 cm³/mol. The number of carbonyl (C=O) groups excluding carboxylic acids is 1. The highest BCUT2D eigenvalue weighted by molar-refractivity contribution is 9.10. The third-order valence-electron chi connectivity index (χ3n) is 3.78. The summed E-state index contributed by atoms with van der Waals surface area (Å²) in [6, 6.07) is 10.2. The number of carbonyl (C=O) groups is 1. The third-order valence-corrected chi connectivity index (χ3v) is 4.21. The van der Waals surface area contributed by atoms with Crippen molar-refractivity contribution in [2.24, 2.45) is 0 Å². The zero-order valence-electron chi connectivity index (χ0n) is 13.5. The van der Waals surface area contributed by atoms with E-state index in [1.54, 1.807) is 12.4 Å². The van der Waals surface area contributed by atoms with E-state index in [1.165, 1.54) is 0 Å². The summed E-state index contributed by atoms with van der Waals surface area (Å²) >= 11 is 3.41. The molecule has 6 heteroatoms. The van der Waals surface area contributed by atoms with E-state index >= 15 is 0 Å². The van der Waals surface area contributed by atoms with Crippen molar-refractivity contribution in [3.8, 4) is 5.75 Å². The second-order valence-corrected chi connectivity index (χ2v) is 6.87. The van der Waals surface area contributed by atoms with E-state index in [2.05, 4.69) is 38.5 Å². The molecule has 0 radical (unpaired) electrons. The Balaban J connectivity index is 1.52. The first-order valence-electron chi connectivity index (χ1n) is 7.99. The summed E-state index contributed by atoms with van der Waals surface area (Å²) in [6.45, 7) is 2.15. The van der Waals surface area contributed by atoms with Crippen LogP contribution in [0.4, 0.5) is 5.69 Å². The van der Waals surface area contributed by atoms with E-state index in [9.17, 15) is 4.79 Å². The molecule has 3 rings (SSSR count). The monoisotopic (exact) mass is 389 g/mol. The van der Waals surface area contributed by atoms with Crippen LogP contribution in [0.5, 0.6) is 5.75 Å². The number of nitrogens with one attached hydrogen (secondary N) is 2. The highest BCUT2D eigenvalue weighted by atomic mass is 79.9. The largest absolute Gasteiger partial charge is 0.484 e. The zero-order valence-corrected chi connectivity index (χ0v) is 15.0. The van der Waals surface area contributed by atoms with Crippen LogP contribution < -0.4 is 15.4 Å². The Bertz CT molecular complexity index is 702. The van der Waals surface area contributed by atoms with Gasteiger partial charge in [0.25, 0.3) is 5.91 Å². The van der Waals surface area contributed by atoms with Gasteiger partial charge in [0.05, 0.1) is 11.9 Å². The van der Waals surface area contributed by atoms with Crippen molar-refractivity contribution in [2.45, 2.75) is 31.8 Å². The molecule has 126 valence electrons. The molecule has 5 nitrogen and oxygen atoms in total. The van der Waals surface area contributed by atoms with Crippen LogP contribution in [0.2, 0.25) is 0 Å². The number of rotatable bonds is 7. The lowest BCUT2D eigenvalue weighted by molar-refractivity contribution is -0.123. The van der Waals surface area contributed by atoms with Crippen LogP contribution in [0.1, 0.15) is 31.4 Å². The lowest BCUT2D eigenvalue weighted by Crippen LogP contribution is -2.30. The lowest BCUT2D eigenvalue weighted by atomic mass is 10.1. The topological polar surface area (TPSA) is 63.3 Å². The fourth-order valence-electron chi connectivity index (χ4n) is 2.32. The molecular weight excluding hydrogens is 370 g/mol. The van der Waals surface area contributed by atoms with Gasteiger partial charge in [-0.1, -0.05) is 12.1 Å². The van der Waals surface area contributed by atoms with Crippen LogP contribution in [0, 0.1) is 0 Å². The molecule has 1 unspecified atom stereocenters. The Kier molecular flexibility index (Phi) is 5.35. The van der Waals surface area contributed by atoms with Crippen molar-refractivity contribution < 1.29 is 9.53 Å². The van der Waals surface area contributed by atoms with Crippen LogP contribution >= 0.6 is 15.9 Å². The van der Waals surface area contributed by atoms with Crippen LogP contribution in [0.15, 0.2) is 47.2 Å². The summed E-state index contributed by atoms with van der Waals surface area (Å²) in [5, 5.41) is 6.30. The van der Waals surface area contributed by atoms with Crippen LogP contribution in [0.3, 0.4) is 0 Å². The molecule has 1 amide bonds. The van der Waals surface area contributed by atoms with Gasteiger partial charge in [-0.05, 0) is 59.5 Å². The molecular formula is C18H20BrN3O2. The van der Waals surface area contributed by atoms with Gasteiger partial charge in [0.15, 0.2) is 6.61 Å². The molecule has 1 aromatic carbocycles. The van der Waals surface area contributed by atoms with E-state index in [0.717, 1.165) is 28.6 Å². The van der Waals surface area contributed by atoms with Crippen LogP contribution in [-0.2, 0) is 4.79 Å². The maximum Gasteiger partial charge on any atom is 0.258 e. The number of nitrogens with zero attached hydrogens (tertiary/aromatic N) is 1. The summed E-state index contributed by atoms with van der Waals surface area (Å²) in [6.07, 6.45) is 5.70. The van der Waals surface area contributed by atoms with Gasteiger partial charge in [0.1, 0.15) is 5.75 Å². The van der Waals surface area contributed by atoms with Crippen molar-refractivity contribution in [3.05, 3.63) is 52.8 Å². The van der Waals surface area contributed by atoms with E-state index in [4.69, 9.17) is 4.74 Å². The van der Waals surface area contributed by atoms with Crippen molar-refractivity contribution in [2.75, 3.05) is 11.9 Å². The van der Waals surface area contributed by atoms with E-state index in [0.29, 0.717) is 11.8 Å². The first-order chi connectivity index (χ1) is 11.6. The molecule has 2 aromatic rings. The maximum absolute atomic E-state index is 11.6. The molecule has 1 aliphatic carbocycles. The minimum absolute atomic E-state index is 0.0567. The van der Waals surface area contributed by atoms with Crippen molar-refractivity contribution in [1.82, 2.24) is 10.3 Å². The molecule has 1 fully saturated rings. The summed E-state index contributed by atoms with van der Waals surface area (Å²) in [5.74, 6) is 0.639. The number of halogens is 1. The highest BCUT2D eigenvalue weighted by Gasteiger charge is 2.23. The second-order valence-electron chi connectivity index (χ2n) is 5.96. The Morgan fingerprint density at radius 2 is 2.08 bits per heavy atom. The first kappa shape index (κ1) is 16.8. The quantitative estimate of drug-likeness (QED) is 0.757. The number of amides is 1. The molecule has 1 aromatic heterocycles. The molecule has 1 aliphatic rings. The Hall–Kier alpha value is -2.08. The average Bonchev–Trinajstić information content (AvgIpc) is 3.37. The molecule has 2 N–H and O–H groups in total. The normalized spacial score (nSPS) is 14.8. The fourth-order valence-corrected chi connectivity index (χ4v) is 2.69. The van der Waals surface area contributed by atoms with Gasteiger partial charge in [0.2, 0.25) is 0 Å². The fraction of sp³-hybridized carbons (Fsp3) is 0.333. The Morgan fingerprint density at radius 1 is 1.33 bits per heavy atom. The zero-order chi connectivity index (χ0) is 16.9. The van der Waals surface area contributed by atoms with E-state index < -0.39 is 0 Å². The smallest absolute Gasteiger partial charge is 0.258 e. The maximum atomic E-state index is 11.6. The second kappa shape index (κ2) is 7.66. The highest BCUT2D eigenvalue weighted by Crippen LogP contribution is 2.23. The molecule has 1 saturated carbocycles. The van der Waals surface area contributed by atoms with Gasteiger partial charge in [-0.2, -0.15) is 0 Å². The molecule has 0 bridgehead atoms. The minimum Gasteiger partial charge on any atom is -0.484 e. The van der Waals surface area contributed by atoms with Gasteiger partial charge in [0, 0.05) is 22.8 Å². The molecule has 1 atom stereocenters. The number of benzene rings is 1. The summed E-state index contributed by atoms with van der Waals surface area (Å²) in [4.78, 5) is 15.8. The van der Waals surface area contributed by atoms with Gasteiger partial charge in [-0.25, -0.2) is 0 Å². The Morgan fingerprint density at radius 3 is 2.75 bits per heavy atom. The lowest BCUT2D eigenvalue weighted by Gasteiger charge is -2.16. The predicted octanol–water partition coefficient (Wildman–Crippen LogP) is 3.67. The SMILES string of the molecule is CC(Nc1cncc(Br)c1)c1ccc(OCC(=O)NC2CC2)cc1. The number of ether oxygens (including phenoxy) is 1. The number of aromatic nitrogens is 1. The average molecular weight is 390 g/mol. The van der Waals surface area contributed by atoms with E-state index in [1.807, 2.05) is 30.3 Å². The van der Waals surface area contributed by atoms with Crippen molar-refractivity contribution in [1.29, 1.82) is 0 Å². The van der Waals surface area contributed by atoms with Crippen LogP contribution in [-0.4, -0.2) is 23.5 Å². The number of hydrogen-bond donors (Lipinski definition) is 2. The number of hydrogen-bond acceptors (Lipinski definition) is 4. The number of anilines is 1. The summed E-state index contributed by atoms with van der Waals surface area (Å²) in [7, 11) is 0. The van der Waals surface area contributed by atoms with Crippen molar-refractivity contribution in [3.63, 3.8) is 0 Å². The summed E-state index contributed by atoms with van der Waals surface area (Å²) < 4.78 is 6.45. The Labute approximate surface area is 149 Å². The standard InChI is InChI=1S/C18H20BrN3O2/c1-12(21-16-8-14(19)9-20-10-16)13-2-6-17(7-3-13)24-11-18(23)22-15-4-5-15/h2-3,6-10,12,15,21H,4-5,11H2,1H3,(H,22,23). The van der Waals surface area contributed by atoms with Gasteiger partial charge < -0.3 is 15.4 Å². The van der Waals surface area contributed by atoms with Crippen molar-refractivity contribution >= 4 is 27.5 Å². The molecule has 0 spiro atoms. The summed E-state index contributed by atoms with van der Waals surface area (Å²) in [5.41, 5.74) is 2.08. The van der Waals surface area contributed by atoms with Gasteiger partial charge >= 0.3 is 0 Å². The molecule has 0 saturated heterocycles. The van der Waals surface area contributed by atoms with E-state index in [-0.39, 0.29) is 18.6 Å². The third kappa shape index (κ3) is 4.96. The first-order valence-corrected chi connectivity index (χ1v) is 8.78. The molecule has 0 aliphatic heterocycles. The molecule has 1 heterocycles. The number of pyridine rings is 1.